The average molecular weight is 384 g/mol. The number of thiophene rings is 1. The lowest BCUT2D eigenvalue weighted by Crippen LogP contribution is -2.11. The zero-order valence-electron chi connectivity index (χ0n) is 12.9. The Labute approximate surface area is 153 Å². The van der Waals surface area contributed by atoms with Gasteiger partial charge in [0.05, 0.1) is 17.5 Å². The highest BCUT2D eigenvalue weighted by Crippen LogP contribution is 2.42. The Morgan fingerprint density at radius 3 is 2.75 bits per heavy atom. The number of rotatable bonds is 7. The summed E-state index contributed by atoms with van der Waals surface area (Å²) in [6.45, 7) is 0. The first-order valence-electron chi connectivity index (χ1n) is 7.17. The number of azide groups is 1. The van der Waals surface area contributed by atoms with E-state index in [0.717, 1.165) is 10.4 Å². The van der Waals surface area contributed by atoms with Crippen molar-refractivity contribution < 1.29 is 9.53 Å². The summed E-state index contributed by atoms with van der Waals surface area (Å²) in [6.07, 6.45) is 0.677. The minimum absolute atomic E-state index is 0.213. The Kier molecular flexibility index (Phi) is 6.94. The van der Waals surface area contributed by atoms with Crippen molar-refractivity contribution in [3.63, 3.8) is 0 Å². The normalized spacial score (nSPS) is 13.0. The van der Waals surface area contributed by atoms with E-state index in [4.69, 9.17) is 33.5 Å². The quantitative estimate of drug-likeness (QED) is 0.249. The molecule has 126 valence electrons. The van der Waals surface area contributed by atoms with Crippen molar-refractivity contribution in [1.82, 2.24) is 0 Å². The number of carbonyl (C=O) groups excluding carboxylic acids is 1. The highest BCUT2D eigenvalue weighted by Gasteiger charge is 2.26. The van der Waals surface area contributed by atoms with Crippen LogP contribution < -0.4 is 0 Å². The summed E-state index contributed by atoms with van der Waals surface area (Å²) in [5.74, 6) is -0.528. The van der Waals surface area contributed by atoms with Gasteiger partial charge in [-0.15, -0.1) is 11.3 Å². The molecule has 5 nitrogen and oxygen atoms in total. The van der Waals surface area contributed by atoms with E-state index >= 15 is 0 Å². The summed E-state index contributed by atoms with van der Waals surface area (Å²) in [5, 5.41) is 4.54. The molecule has 0 unspecified atom stereocenters. The van der Waals surface area contributed by atoms with Crippen LogP contribution in [-0.4, -0.2) is 13.1 Å². The maximum Gasteiger partial charge on any atom is 0.305 e. The van der Waals surface area contributed by atoms with Crippen molar-refractivity contribution in [3.05, 3.63) is 66.6 Å². The minimum atomic E-state index is -0.476. The van der Waals surface area contributed by atoms with Gasteiger partial charge in [0.25, 0.3) is 0 Å². The van der Waals surface area contributed by atoms with Gasteiger partial charge < -0.3 is 4.74 Å². The highest BCUT2D eigenvalue weighted by molar-refractivity contribution is 7.16. The zero-order chi connectivity index (χ0) is 17.5. The number of benzene rings is 1. The van der Waals surface area contributed by atoms with Crippen LogP contribution in [0, 0.1) is 0 Å². The Hall–Kier alpha value is -1.72. The van der Waals surface area contributed by atoms with Gasteiger partial charge in [0.15, 0.2) is 0 Å². The van der Waals surface area contributed by atoms with Crippen LogP contribution in [0.25, 0.3) is 10.4 Å². The molecule has 2 rings (SSSR count). The molecule has 0 bridgehead atoms. The summed E-state index contributed by atoms with van der Waals surface area (Å²) < 4.78 is 5.33. The summed E-state index contributed by atoms with van der Waals surface area (Å²) in [7, 11) is 1.35. The van der Waals surface area contributed by atoms with Gasteiger partial charge in [-0.1, -0.05) is 40.4 Å². The smallest absolute Gasteiger partial charge is 0.305 e. The summed E-state index contributed by atoms with van der Waals surface area (Å²) in [6, 6.07) is 10.4. The Balaban J connectivity index is 2.41. The number of ether oxygens (including phenoxy) is 1. The first kappa shape index (κ1) is 18.6. The molecular weight excluding hydrogens is 369 g/mol. The third-order valence-corrected chi connectivity index (χ3v) is 5.14. The van der Waals surface area contributed by atoms with Crippen LogP contribution in [0.2, 0.25) is 9.36 Å². The van der Waals surface area contributed by atoms with Gasteiger partial charge in [-0.05, 0) is 47.7 Å². The molecule has 0 spiro atoms. The maximum absolute atomic E-state index is 11.6. The van der Waals surface area contributed by atoms with Crippen molar-refractivity contribution in [3.8, 4) is 0 Å². The number of halogens is 2. The van der Waals surface area contributed by atoms with Crippen LogP contribution in [0.5, 0.6) is 0 Å². The third-order valence-electron chi connectivity index (χ3n) is 3.61. The summed E-state index contributed by atoms with van der Waals surface area (Å²) >= 11 is 13.5. The van der Waals surface area contributed by atoms with Crippen molar-refractivity contribution in [2.75, 3.05) is 7.11 Å². The third kappa shape index (κ3) is 4.89. The van der Waals surface area contributed by atoms with Crippen LogP contribution in [0.1, 0.15) is 35.2 Å². The van der Waals surface area contributed by atoms with E-state index in [2.05, 4.69) is 10.0 Å². The molecule has 2 atom stereocenters. The monoisotopic (exact) mass is 383 g/mol. The van der Waals surface area contributed by atoms with Crippen LogP contribution >= 0.6 is 34.5 Å². The lowest BCUT2D eigenvalue weighted by atomic mass is 9.87. The molecule has 24 heavy (non-hydrogen) atoms. The van der Waals surface area contributed by atoms with Crippen LogP contribution in [0.15, 0.2) is 41.5 Å². The highest BCUT2D eigenvalue weighted by atomic mass is 35.5. The number of carbonyl (C=O) groups is 1. The van der Waals surface area contributed by atoms with Crippen molar-refractivity contribution in [2.45, 2.75) is 24.8 Å². The SMILES string of the molecule is COC(=O)CC[C@@H](c1cccc(Cl)c1)[C@@H](N=[N+]=[N-])c1ccc(Cl)s1. The van der Waals surface area contributed by atoms with Gasteiger partial charge >= 0.3 is 5.97 Å². The molecule has 0 aliphatic heterocycles. The molecule has 0 saturated heterocycles. The van der Waals surface area contributed by atoms with Gasteiger partial charge in [-0.3, -0.25) is 4.79 Å². The predicted octanol–water partition coefficient (Wildman–Crippen LogP) is 6.14. The Bertz CT molecular complexity index is 759. The van der Waals surface area contributed by atoms with Crippen molar-refractivity contribution in [1.29, 1.82) is 0 Å². The standard InChI is InChI=1S/C16H15Cl2N3O2S/c1-23-15(22)8-5-12(10-3-2-4-11(17)9-10)16(20-21-19)13-6-7-14(18)24-13/h2-4,6-7,9,12,16H,5,8H2,1H3/t12-,16+/m0/s1. The van der Waals surface area contributed by atoms with Crippen molar-refractivity contribution >= 4 is 40.5 Å². The number of hydrogen-bond acceptors (Lipinski definition) is 4. The first-order valence-corrected chi connectivity index (χ1v) is 8.74. The first-order chi connectivity index (χ1) is 11.5. The average Bonchev–Trinajstić information content (AvgIpc) is 3.00. The molecule has 0 N–H and O–H groups in total. The van der Waals surface area contributed by atoms with Gasteiger partial charge in [-0.25, -0.2) is 0 Å². The fourth-order valence-electron chi connectivity index (χ4n) is 2.50. The van der Waals surface area contributed by atoms with E-state index in [0.29, 0.717) is 15.8 Å². The molecule has 0 saturated carbocycles. The zero-order valence-corrected chi connectivity index (χ0v) is 15.2. The van der Waals surface area contributed by atoms with E-state index in [9.17, 15) is 4.79 Å². The minimum Gasteiger partial charge on any atom is -0.469 e. The molecule has 0 amide bonds. The molecule has 2 aromatic rings. The summed E-state index contributed by atoms with van der Waals surface area (Å²) in [4.78, 5) is 15.4. The Morgan fingerprint density at radius 1 is 1.38 bits per heavy atom. The fourth-order valence-corrected chi connectivity index (χ4v) is 3.86. The number of hydrogen-bond donors (Lipinski definition) is 0. The maximum atomic E-state index is 11.6. The largest absolute Gasteiger partial charge is 0.469 e. The second-order valence-electron chi connectivity index (χ2n) is 5.07. The van der Waals surface area contributed by atoms with E-state index in [1.54, 1.807) is 12.1 Å². The number of methoxy groups -OCH3 is 1. The molecule has 0 aliphatic carbocycles. The molecule has 0 aliphatic rings. The van der Waals surface area contributed by atoms with Crippen molar-refractivity contribution in [2.24, 2.45) is 5.11 Å². The predicted molar refractivity (Wildman–Crippen MR) is 96.7 cm³/mol. The molecular formula is C16H15Cl2N3O2S. The van der Waals surface area contributed by atoms with E-state index in [1.165, 1.54) is 18.4 Å². The van der Waals surface area contributed by atoms with Crippen LogP contribution in [0.3, 0.4) is 0 Å². The fraction of sp³-hybridized carbons (Fsp3) is 0.312. The molecule has 0 fully saturated rings. The second kappa shape index (κ2) is 8.94. The van der Waals surface area contributed by atoms with Gasteiger partial charge in [-0.2, -0.15) is 0 Å². The van der Waals surface area contributed by atoms with E-state index in [1.807, 2.05) is 24.3 Å². The topological polar surface area (TPSA) is 75.1 Å². The number of nitrogens with zero attached hydrogens (tertiary/aromatic N) is 3. The summed E-state index contributed by atoms with van der Waals surface area (Å²) in [5.41, 5.74) is 9.89. The molecule has 1 aromatic carbocycles. The van der Waals surface area contributed by atoms with Crippen LogP contribution in [-0.2, 0) is 9.53 Å². The molecule has 0 radical (unpaired) electrons. The molecule has 1 aromatic heterocycles. The second-order valence-corrected chi connectivity index (χ2v) is 7.25. The van der Waals surface area contributed by atoms with E-state index in [-0.39, 0.29) is 18.3 Å². The van der Waals surface area contributed by atoms with Gasteiger partial charge in [0.1, 0.15) is 0 Å². The Morgan fingerprint density at radius 2 is 2.17 bits per heavy atom. The lowest BCUT2D eigenvalue weighted by molar-refractivity contribution is -0.140. The van der Waals surface area contributed by atoms with Crippen LogP contribution in [0.4, 0.5) is 0 Å². The lowest BCUT2D eigenvalue weighted by Gasteiger charge is -2.23. The van der Waals surface area contributed by atoms with Gasteiger partial charge in [0.2, 0.25) is 0 Å². The van der Waals surface area contributed by atoms with E-state index < -0.39 is 6.04 Å². The molecule has 1 heterocycles. The molecule has 8 heteroatoms. The number of esters is 1. The van der Waals surface area contributed by atoms with Gasteiger partial charge in [0, 0.05) is 21.2 Å².